The van der Waals surface area contributed by atoms with E-state index in [9.17, 15) is 13.2 Å². The molecule has 2 heterocycles. The van der Waals surface area contributed by atoms with E-state index in [1.165, 1.54) is 11.3 Å². The first kappa shape index (κ1) is 23.5. The molecule has 0 aliphatic carbocycles. The van der Waals surface area contributed by atoms with E-state index < -0.39 is 10.0 Å². The van der Waals surface area contributed by atoms with Gasteiger partial charge in [-0.2, -0.15) is 4.31 Å². The molecule has 0 saturated carbocycles. The molecule has 33 heavy (non-hydrogen) atoms. The number of aryl methyl sites for hydroxylation is 1. The van der Waals surface area contributed by atoms with Gasteiger partial charge in [-0.25, -0.2) is 13.2 Å². The van der Waals surface area contributed by atoms with Crippen LogP contribution in [0.1, 0.15) is 35.0 Å². The quantitative estimate of drug-likeness (QED) is 0.481. The Hall–Kier alpha value is -2.68. The Balaban J connectivity index is 1.42. The van der Waals surface area contributed by atoms with Crippen molar-refractivity contribution in [2.75, 3.05) is 25.0 Å². The van der Waals surface area contributed by atoms with Gasteiger partial charge in [0, 0.05) is 35.8 Å². The predicted molar refractivity (Wildman–Crippen MR) is 131 cm³/mol. The summed E-state index contributed by atoms with van der Waals surface area (Å²) in [6.07, 6.45) is 1.46. The summed E-state index contributed by atoms with van der Waals surface area (Å²) in [6.45, 7) is 5.03. The summed E-state index contributed by atoms with van der Waals surface area (Å²) in [5.74, 6) is -0.344. The van der Waals surface area contributed by atoms with E-state index in [0.29, 0.717) is 29.5 Å². The molecular weight excluding hydrogens is 456 g/mol. The first-order chi connectivity index (χ1) is 15.9. The van der Waals surface area contributed by atoms with Gasteiger partial charge in [-0.05, 0) is 62.1 Å². The Bertz CT molecular complexity index is 1210. The molecular formula is C25H27N2O4S2. The van der Waals surface area contributed by atoms with Crippen LogP contribution in [-0.2, 0) is 14.8 Å². The SMILES string of the molecule is CCOC(=O)c1[c]c(C)c(-c2cccc(NC3CCN(S(=O)(=O)c4ccccc4)CC3)c2)s1. The normalized spacial score (nSPS) is 15.3. The largest absolute Gasteiger partial charge is 0.462 e. The Labute approximate surface area is 199 Å². The van der Waals surface area contributed by atoms with Crippen molar-refractivity contribution in [1.82, 2.24) is 4.31 Å². The zero-order valence-electron chi connectivity index (χ0n) is 18.7. The maximum atomic E-state index is 12.8. The third-order valence-corrected chi connectivity index (χ3v) is 8.77. The summed E-state index contributed by atoms with van der Waals surface area (Å²) in [5.41, 5.74) is 2.90. The lowest BCUT2D eigenvalue weighted by molar-refractivity contribution is 0.0531. The molecule has 1 fully saturated rings. The number of carbonyl (C=O) groups excluding carboxylic acids is 1. The lowest BCUT2D eigenvalue weighted by atomic mass is 10.1. The molecule has 0 atom stereocenters. The van der Waals surface area contributed by atoms with Crippen molar-refractivity contribution < 1.29 is 17.9 Å². The number of piperidine rings is 1. The summed E-state index contributed by atoms with van der Waals surface area (Å²) < 4.78 is 32.4. The molecule has 1 aliphatic rings. The fourth-order valence-electron chi connectivity index (χ4n) is 3.96. The number of hydrogen-bond donors (Lipinski definition) is 1. The molecule has 0 spiro atoms. The van der Waals surface area contributed by atoms with Gasteiger partial charge in [0.2, 0.25) is 10.0 Å². The highest BCUT2D eigenvalue weighted by atomic mass is 32.2. The third-order valence-electron chi connectivity index (χ3n) is 5.64. The molecule has 1 radical (unpaired) electrons. The maximum absolute atomic E-state index is 12.8. The summed E-state index contributed by atoms with van der Waals surface area (Å²) in [6, 6.07) is 20.0. The molecule has 1 aliphatic heterocycles. The highest BCUT2D eigenvalue weighted by Gasteiger charge is 2.29. The van der Waals surface area contributed by atoms with E-state index in [-0.39, 0.29) is 12.0 Å². The van der Waals surface area contributed by atoms with Gasteiger partial charge in [-0.15, -0.1) is 11.3 Å². The predicted octanol–water partition coefficient (Wildman–Crippen LogP) is 4.97. The molecule has 1 saturated heterocycles. The third kappa shape index (κ3) is 5.29. The number of hydrogen-bond acceptors (Lipinski definition) is 6. The van der Waals surface area contributed by atoms with Crippen molar-refractivity contribution in [3.8, 4) is 10.4 Å². The smallest absolute Gasteiger partial charge is 0.348 e. The Kier molecular flexibility index (Phi) is 7.17. The van der Waals surface area contributed by atoms with Gasteiger partial charge in [0.05, 0.1) is 11.5 Å². The van der Waals surface area contributed by atoms with Crippen LogP contribution in [0.4, 0.5) is 5.69 Å². The van der Waals surface area contributed by atoms with Gasteiger partial charge in [0.25, 0.3) is 0 Å². The fourth-order valence-corrected chi connectivity index (χ4v) is 6.45. The number of nitrogens with zero attached hydrogens (tertiary/aromatic N) is 1. The number of thiophene rings is 1. The minimum Gasteiger partial charge on any atom is -0.462 e. The van der Waals surface area contributed by atoms with E-state index in [2.05, 4.69) is 17.4 Å². The second-order valence-electron chi connectivity index (χ2n) is 7.95. The van der Waals surface area contributed by atoms with Crippen molar-refractivity contribution in [3.05, 3.63) is 71.1 Å². The summed E-state index contributed by atoms with van der Waals surface area (Å²) >= 11 is 1.39. The fraction of sp³-hybridized carbons (Fsp3) is 0.320. The zero-order chi connectivity index (χ0) is 23.4. The van der Waals surface area contributed by atoms with E-state index >= 15 is 0 Å². The standard InChI is InChI=1S/C25H27N2O4S2/c1-3-31-25(28)23-16-18(2)24(32-23)19-8-7-9-21(17-19)26-20-12-14-27(15-13-20)33(29,30)22-10-5-4-6-11-22/h4-11,17,20,26H,3,12-15H2,1-2H3. The number of anilines is 1. The van der Waals surface area contributed by atoms with Crippen molar-refractivity contribution in [2.24, 2.45) is 0 Å². The van der Waals surface area contributed by atoms with Gasteiger partial charge in [0.15, 0.2) is 0 Å². The minimum absolute atomic E-state index is 0.188. The van der Waals surface area contributed by atoms with Gasteiger partial charge in [-0.3, -0.25) is 0 Å². The molecule has 6 nitrogen and oxygen atoms in total. The van der Waals surface area contributed by atoms with Crippen LogP contribution in [0.2, 0.25) is 0 Å². The first-order valence-electron chi connectivity index (χ1n) is 11.0. The molecule has 0 amide bonds. The van der Waals surface area contributed by atoms with Crippen molar-refractivity contribution >= 4 is 33.0 Å². The van der Waals surface area contributed by atoms with Crippen LogP contribution in [0.25, 0.3) is 10.4 Å². The highest BCUT2D eigenvalue weighted by Crippen LogP contribution is 2.34. The van der Waals surface area contributed by atoms with Crippen LogP contribution in [-0.4, -0.2) is 44.4 Å². The number of sulfonamides is 1. The van der Waals surface area contributed by atoms with Crippen molar-refractivity contribution in [2.45, 2.75) is 37.6 Å². The van der Waals surface area contributed by atoms with Crippen molar-refractivity contribution in [3.63, 3.8) is 0 Å². The number of rotatable bonds is 7. The van der Waals surface area contributed by atoms with Gasteiger partial charge >= 0.3 is 5.97 Å². The second-order valence-corrected chi connectivity index (χ2v) is 10.9. The molecule has 4 rings (SSSR count). The van der Waals surface area contributed by atoms with Crippen molar-refractivity contribution in [1.29, 1.82) is 0 Å². The monoisotopic (exact) mass is 483 g/mol. The van der Waals surface area contributed by atoms with E-state index in [4.69, 9.17) is 4.74 Å². The van der Waals surface area contributed by atoms with E-state index in [1.807, 2.05) is 31.2 Å². The number of carbonyl (C=O) groups is 1. The lowest BCUT2D eigenvalue weighted by Gasteiger charge is -2.32. The highest BCUT2D eigenvalue weighted by molar-refractivity contribution is 7.89. The van der Waals surface area contributed by atoms with Crippen LogP contribution in [0, 0.1) is 13.0 Å². The summed E-state index contributed by atoms with van der Waals surface area (Å²) in [7, 11) is -3.45. The number of esters is 1. The van der Waals surface area contributed by atoms with Crippen LogP contribution >= 0.6 is 11.3 Å². The Morgan fingerprint density at radius 2 is 1.88 bits per heavy atom. The second kappa shape index (κ2) is 10.1. The van der Waals surface area contributed by atoms with Gasteiger partial charge in [0.1, 0.15) is 4.88 Å². The van der Waals surface area contributed by atoms with Crippen LogP contribution in [0.3, 0.4) is 0 Å². The number of ether oxygens (including phenoxy) is 1. The van der Waals surface area contributed by atoms with E-state index in [1.54, 1.807) is 35.5 Å². The zero-order valence-corrected chi connectivity index (χ0v) is 20.3. The number of nitrogens with one attached hydrogen (secondary N) is 1. The topological polar surface area (TPSA) is 75.7 Å². The molecule has 1 aromatic heterocycles. The molecule has 0 unspecified atom stereocenters. The van der Waals surface area contributed by atoms with Gasteiger partial charge in [-0.1, -0.05) is 30.3 Å². The van der Waals surface area contributed by atoms with Crippen LogP contribution < -0.4 is 5.32 Å². The molecule has 3 aromatic rings. The minimum atomic E-state index is -3.45. The lowest BCUT2D eigenvalue weighted by Crippen LogP contribution is -2.42. The molecule has 0 bridgehead atoms. The number of benzene rings is 2. The van der Waals surface area contributed by atoms with Gasteiger partial charge < -0.3 is 10.1 Å². The van der Waals surface area contributed by atoms with E-state index in [0.717, 1.165) is 34.5 Å². The average molecular weight is 484 g/mol. The van der Waals surface area contributed by atoms with Crippen LogP contribution in [0.15, 0.2) is 59.5 Å². The maximum Gasteiger partial charge on any atom is 0.348 e. The molecule has 8 heteroatoms. The molecule has 1 N–H and O–H groups in total. The van der Waals surface area contributed by atoms with Crippen LogP contribution in [0.5, 0.6) is 0 Å². The summed E-state index contributed by atoms with van der Waals surface area (Å²) in [5, 5.41) is 3.55. The average Bonchev–Trinajstić information content (AvgIpc) is 3.22. The molecule has 2 aromatic carbocycles. The molecule has 173 valence electrons. The Morgan fingerprint density at radius 3 is 2.58 bits per heavy atom. The summed E-state index contributed by atoms with van der Waals surface area (Å²) in [4.78, 5) is 13.9. The first-order valence-corrected chi connectivity index (χ1v) is 13.3. The Morgan fingerprint density at radius 1 is 1.15 bits per heavy atom.